The zero-order valence-corrected chi connectivity index (χ0v) is 10.7. The monoisotopic (exact) mass is 274 g/mol. The first-order valence-corrected chi connectivity index (χ1v) is 5.91. The van der Waals surface area contributed by atoms with Gasteiger partial charge in [0.05, 0.1) is 11.9 Å². The molecular formula is C13H11FN4S. The minimum absolute atomic E-state index is 0.218. The minimum Gasteiger partial charge on any atom is -0.329 e. The van der Waals surface area contributed by atoms with Crippen molar-refractivity contribution in [3.05, 3.63) is 60.2 Å². The quantitative estimate of drug-likeness (QED) is 0.513. The lowest BCUT2D eigenvalue weighted by Gasteiger charge is -2.07. The molecule has 0 aliphatic rings. The third-order valence-electron chi connectivity index (χ3n) is 2.21. The van der Waals surface area contributed by atoms with Crippen LogP contribution < -0.4 is 10.7 Å². The van der Waals surface area contributed by atoms with E-state index in [4.69, 9.17) is 12.2 Å². The second-order valence-electron chi connectivity index (χ2n) is 3.58. The molecule has 96 valence electrons. The van der Waals surface area contributed by atoms with Gasteiger partial charge < -0.3 is 5.32 Å². The van der Waals surface area contributed by atoms with Gasteiger partial charge in [-0.15, -0.1) is 0 Å². The molecule has 0 spiro atoms. The molecule has 2 aromatic rings. The summed E-state index contributed by atoms with van der Waals surface area (Å²) in [5, 5.41) is 6.87. The lowest BCUT2D eigenvalue weighted by molar-refractivity contribution is 0.632. The number of pyridine rings is 1. The van der Waals surface area contributed by atoms with Crippen LogP contribution in [0, 0.1) is 5.82 Å². The zero-order chi connectivity index (χ0) is 13.5. The van der Waals surface area contributed by atoms with Crippen molar-refractivity contribution >= 4 is 29.2 Å². The van der Waals surface area contributed by atoms with Gasteiger partial charge in [0.1, 0.15) is 5.82 Å². The molecule has 0 saturated carbocycles. The molecular weight excluding hydrogens is 263 g/mol. The molecule has 1 heterocycles. The summed E-state index contributed by atoms with van der Waals surface area (Å²) in [6, 6.07) is 9.88. The summed E-state index contributed by atoms with van der Waals surface area (Å²) in [6.45, 7) is 0. The standard InChI is InChI=1S/C13H11FN4S/c14-11-3-1-2-4-12(11)17-13(19)18-16-9-10-5-7-15-8-6-10/h1-9H,(H2,17,18,19). The number of thiocarbonyl (C=S) groups is 1. The van der Waals surface area contributed by atoms with Gasteiger partial charge in [-0.3, -0.25) is 10.4 Å². The second-order valence-corrected chi connectivity index (χ2v) is 3.99. The van der Waals surface area contributed by atoms with Gasteiger partial charge in [0.2, 0.25) is 0 Å². The Bertz CT molecular complexity index is 586. The van der Waals surface area contributed by atoms with E-state index in [2.05, 4.69) is 20.8 Å². The predicted molar refractivity (Wildman–Crippen MR) is 77.6 cm³/mol. The van der Waals surface area contributed by atoms with E-state index in [1.165, 1.54) is 6.07 Å². The number of halogens is 1. The molecule has 4 nitrogen and oxygen atoms in total. The van der Waals surface area contributed by atoms with E-state index in [0.717, 1.165) is 5.56 Å². The van der Waals surface area contributed by atoms with Gasteiger partial charge in [-0.05, 0) is 42.0 Å². The molecule has 0 unspecified atom stereocenters. The number of aromatic nitrogens is 1. The highest BCUT2D eigenvalue weighted by molar-refractivity contribution is 7.80. The number of hydrazone groups is 1. The average Bonchev–Trinajstić information content (AvgIpc) is 2.43. The highest BCUT2D eigenvalue weighted by Crippen LogP contribution is 2.11. The fourth-order valence-electron chi connectivity index (χ4n) is 1.33. The number of nitrogens with zero attached hydrogens (tertiary/aromatic N) is 2. The Morgan fingerprint density at radius 3 is 2.68 bits per heavy atom. The maximum atomic E-state index is 13.3. The number of benzene rings is 1. The SMILES string of the molecule is Fc1ccccc1NC(=S)NN=Cc1ccncc1. The van der Waals surface area contributed by atoms with Crippen molar-refractivity contribution in [2.24, 2.45) is 5.10 Å². The van der Waals surface area contributed by atoms with Crippen LogP contribution in [0.1, 0.15) is 5.56 Å². The van der Waals surface area contributed by atoms with Crippen LogP contribution in [0.2, 0.25) is 0 Å². The van der Waals surface area contributed by atoms with E-state index in [9.17, 15) is 4.39 Å². The molecule has 0 aliphatic heterocycles. The van der Waals surface area contributed by atoms with E-state index in [1.807, 2.05) is 0 Å². The zero-order valence-electron chi connectivity index (χ0n) is 9.88. The molecule has 1 aromatic heterocycles. The first-order chi connectivity index (χ1) is 9.25. The summed E-state index contributed by atoms with van der Waals surface area (Å²) < 4.78 is 13.3. The van der Waals surface area contributed by atoms with Gasteiger partial charge in [-0.25, -0.2) is 4.39 Å². The normalized spacial score (nSPS) is 10.4. The van der Waals surface area contributed by atoms with Crippen molar-refractivity contribution in [3.8, 4) is 0 Å². The maximum Gasteiger partial charge on any atom is 0.191 e. The van der Waals surface area contributed by atoms with Crippen LogP contribution >= 0.6 is 12.2 Å². The van der Waals surface area contributed by atoms with Crippen molar-refractivity contribution in [3.63, 3.8) is 0 Å². The lowest BCUT2D eigenvalue weighted by Crippen LogP contribution is -2.24. The molecule has 0 saturated heterocycles. The minimum atomic E-state index is -0.371. The van der Waals surface area contributed by atoms with Crippen molar-refractivity contribution in [1.29, 1.82) is 0 Å². The van der Waals surface area contributed by atoms with Gasteiger partial charge in [-0.2, -0.15) is 5.10 Å². The molecule has 2 N–H and O–H groups in total. The van der Waals surface area contributed by atoms with Gasteiger partial charge >= 0.3 is 0 Å². The lowest BCUT2D eigenvalue weighted by atomic mass is 10.3. The van der Waals surface area contributed by atoms with Crippen molar-refractivity contribution in [2.45, 2.75) is 0 Å². The Labute approximate surface area is 115 Å². The summed E-state index contributed by atoms with van der Waals surface area (Å²) in [7, 11) is 0. The van der Waals surface area contributed by atoms with Gasteiger partial charge in [0.15, 0.2) is 5.11 Å². The van der Waals surface area contributed by atoms with Crippen molar-refractivity contribution < 1.29 is 4.39 Å². The van der Waals surface area contributed by atoms with Gasteiger partial charge in [-0.1, -0.05) is 12.1 Å². The first-order valence-electron chi connectivity index (χ1n) is 5.50. The molecule has 0 fully saturated rings. The molecule has 19 heavy (non-hydrogen) atoms. The predicted octanol–water partition coefficient (Wildman–Crippen LogP) is 2.54. The van der Waals surface area contributed by atoms with Gasteiger partial charge in [0, 0.05) is 12.4 Å². The molecule has 6 heteroatoms. The number of rotatable bonds is 3. The van der Waals surface area contributed by atoms with Crippen LogP contribution in [-0.4, -0.2) is 16.3 Å². The fraction of sp³-hybridized carbons (Fsp3) is 0. The number of hydrogen-bond acceptors (Lipinski definition) is 3. The summed E-state index contributed by atoms with van der Waals surface area (Å²) >= 11 is 5.00. The van der Waals surface area contributed by atoms with Crippen LogP contribution in [-0.2, 0) is 0 Å². The molecule has 0 radical (unpaired) electrons. The van der Waals surface area contributed by atoms with Crippen molar-refractivity contribution in [1.82, 2.24) is 10.4 Å². The van der Waals surface area contributed by atoms with Crippen LogP contribution in [0.5, 0.6) is 0 Å². The van der Waals surface area contributed by atoms with E-state index in [0.29, 0.717) is 5.69 Å². The molecule has 1 aromatic carbocycles. The van der Waals surface area contributed by atoms with Gasteiger partial charge in [0.25, 0.3) is 0 Å². The number of hydrogen-bond donors (Lipinski definition) is 2. The van der Waals surface area contributed by atoms with E-state index in [1.54, 1.807) is 48.9 Å². The highest BCUT2D eigenvalue weighted by Gasteiger charge is 2.01. The van der Waals surface area contributed by atoms with E-state index < -0.39 is 0 Å². The fourth-order valence-corrected chi connectivity index (χ4v) is 1.49. The second kappa shape index (κ2) is 6.55. The third kappa shape index (κ3) is 4.11. The number of para-hydroxylation sites is 1. The van der Waals surface area contributed by atoms with Crippen molar-refractivity contribution in [2.75, 3.05) is 5.32 Å². The topological polar surface area (TPSA) is 49.3 Å². The molecule has 0 amide bonds. The summed E-state index contributed by atoms with van der Waals surface area (Å²) in [6.07, 6.45) is 4.92. The summed E-state index contributed by atoms with van der Waals surface area (Å²) in [5.74, 6) is -0.371. The maximum absolute atomic E-state index is 13.3. The average molecular weight is 274 g/mol. The first kappa shape index (κ1) is 13.1. The Balaban J connectivity index is 1.89. The Kier molecular flexibility index (Phi) is 4.52. The van der Waals surface area contributed by atoms with E-state index >= 15 is 0 Å². The summed E-state index contributed by atoms with van der Waals surface area (Å²) in [5.41, 5.74) is 3.80. The smallest absolute Gasteiger partial charge is 0.191 e. The number of nitrogens with one attached hydrogen (secondary N) is 2. The Morgan fingerprint density at radius 2 is 1.95 bits per heavy atom. The Hall–Kier alpha value is -2.34. The van der Waals surface area contributed by atoms with Crippen LogP contribution in [0.25, 0.3) is 0 Å². The summed E-state index contributed by atoms with van der Waals surface area (Å²) in [4.78, 5) is 3.89. The molecule has 0 aliphatic carbocycles. The number of anilines is 1. The largest absolute Gasteiger partial charge is 0.329 e. The molecule has 0 atom stereocenters. The van der Waals surface area contributed by atoms with Crippen LogP contribution in [0.4, 0.5) is 10.1 Å². The molecule has 2 rings (SSSR count). The highest BCUT2D eigenvalue weighted by atomic mass is 32.1. The van der Waals surface area contributed by atoms with Crippen LogP contribution in [0.15, 0.2) is 53.9 Å². The molecule has 0 bridgehead atoms. The van der Waals surface area contributed by atoms with E-state index in [-0.39, 0.29) is 10.9 Å². The van der Waals surface area contributed by atoms with Crippen LogP contribution in [0.3, 0.4) is 0 Å². The Morgan fingerprint density at radius 1 is 1.21 bits per heavy atom. The third-order valence-corrected chi connectivity index (χ3v) is 2.40.